The minimum Gasteiger partial charge on any atom is -0.369 e. The smallest absolute Gasteiger partial charge is 0.130 e. The summed E-state index contributed by atoms with van der Waals surface area (Å²) in [5.41, 5.74) is 2.24. The highest BCUT2D eigenvalue weighted by atomic mass is 35.5. The molecule has 0 bridgehead atoms. The van der Waals surface area contributed by atoms with Gasteiger partial charge in [-0.05, 0) is 18.9 Å². The lowest BCUT2D eigenvalue weighted by molar-refractivity contribution is 1.10. The van der Waals surface area contributed by atoms with Crippen molar-refractivity contribution in [3.05, 3.63) is 22.3 Å². The van der Waals surface area contributed by atoms with E-state index in [4.69, 9.17) is 11.6 Å². The van der Waals surface area contributed by atoms with Gasteiger partial charge in [0.15, 0.2) is 0 Å². The second-order valence-electron chi connectivity index (χ2n) is 2.76. The predicted octanol–water partition coefficient (Wildman–Crippen LogP) is 2.01. The number of fused-ring (bicyclic) bond motifs is 1. The van der Waals surface area contributed by atoms with Crippen molar-refractivity contribution in [2.45, 2.75) is 13.3 Å². The summed E-state index contributed by atoms with van der Waals surface area (Å²) in [6.07, 6.45) is 2.81. The summed E-state index contributed by atoms with van der Waals surface area (Å²) >= 11 is 6.06. The summed E-state index contributed by atoms with van der Waals surface area (Å²) < 4.78 is 0. The van der Waals surface area contributed by atoms with E-state index in [1.165, 1.54) is 5.56 Å². The molecule has 2 rings (SSSR count). The van der Waals surface area contributed by atoms with Crippen LogP contribution < -0.4 is 5.32 Å². The van der Waals surface area contributed by atoms with Crippen LogP contribution in [0, 0.1) is 6.92 Å². The van der Waals surface area contributed by atoms with Crippen molar-refractivity contribution in [3.8, 4) is 0 Å². The Balaban J connectivity index is 2.62. The third-order valence-corrected chi connectivity index (χ3v) is 2.48. The molecule has 1 aromatic rings. The van der Waals surface area contributed by atoms with Crippen LogP contribution in [0.15, 0.2) is 6.20 Å². The summed E-state index contributed by atoms with van der Waals surface area (Å²) in [6, 6.07) is 0. The van der Waals surface area contributed by atoms with Crippen LogP contribution in [0.5, 0.6) is 0 Å². The molecule has 0 radical (unpaired) electrons. The number of nitrogens with zero attached hydrogens (tertiary/aromatic N) is 1. The molecule has 0 unspecified atom stereocenters. The molecule has 0 amide bonds. The van der Waals surface area contributed by atoms with E-state index >= 15 is 0 Å². The van der Waals surface area contributed by atoms with Gasteiger partial charge in [-0.25, -0.2) is 4.98 Å². The Kier molecular flexibility index (Phi) is 1.50. The zero-order chi connectivity index (χ0) is 7.84. The monoisotopic (exact) mass is 168 g/mol. The number of halogens is 1. The van der Waals surface area contributed by atoms with Gasteiger partial charge in [-0.3, -0.25) is 0 Å². The number of aryl methyl sites for hydroxylation is 1. The van der Waals surface area contributed by atoms with Crippen LogP contribution in [-0.4, -0.2) is 11.5 Å². The highest BCUT2D eigenvalue weighted by molar-refractivity contribution is 6.32. The molecule has 0 saturated carbocycles. The molecule has 2 heterocycles. The molecule has 2 nitrogen and oxygen atoms in total. The number of hydrogen-bond acceptors (Lipinski definition) is 2. The van der Waals surface area contributed by atoms with Crippen LogP contribution in [-0.2, 0) is 6.42 Å². The molecular weight excluding hydrogens is 160 g/mol. The minimum atomic E-state index is 0.875. The lowest BCUT2D eigenvalue weighted by Gasteiger charge is -2.02. The maximum atomic E-state index is 6.06. The first kappa shape index (κ1) is 6.92. The van der Waals surface area contributed by atoms with Crippen LogP contribution in [0.1, 0.15) is 11.1 Å². The van der Waals surface area contributed by atoms with Crippen LogP contribution >= 0.6 is 11.6 Å². The lowest BCUT2D eigenvalue weighted by atomic mass is 10.2. The molecule has 11 heavy (non-hydrogen) atoms. The zero-order valence-corrected chi connectivity index (χ0v) is 7.07. The lowest BCUT2D eigenvalue weighted by Crippen LogP contribution is -1.92. The Morgan fingerprint density at radius 3 is 3.27 bits per heavy atom. The van der Waals surface area contributed by atoms with Gasteiger partial charge in [0.1, 0.15) is 5.82 Å². The first-order valence-corrected chi connectivity index (χ1v) is 4.04. The van der Waals surface area contributed by atoms with E-state index in [1.54, 1.807) is 6.20 Å². The Bertz CT molecular complexity index is 296. The molecular formula is C8H9ClN2. The Hall–Kier alpha value is -0.760. The normalized spacial score (nSPS) is 14.4. The fourth-order valence-corrected chi connectivity index (χ4v) is 1.56. The molecule has 0 fully saturated rings. The van der Waals surface area contributed by atoms with Gasteiger partial charge in [0, 0.05) is 18.3 Å². The quantitative estimate of drug-likeness (QED) is 0.641. The van der Waals surface area contributed by atoms with Gasteiger partial charge in [-0.15, -0.1) is 0 Å². The molecule has 0 spiro atoms. The maximum Gasteiger partial charge on any atom is 0.130 e. The number of anilines is 1. The summed E-state index contributed by atoms with van der Waals surface area (Å²) in [5.74, 6) is 0.959. The summed E-state index contributed by atoms with van der Waals surface area (Å²) in [5, 5.41) is 4.05. The predicted molar refractivity (Wildman–Crippen MR) is 46.2 cm³/mol. The van der Waals surface area contributed by atoms with Crippen LogP contribution in [0.25, 0.3) is 0 Å². The SMILES string of the molecule is Cc1cnc2c(c1Cl)CCN2. The molecule has 0 aromatic carbocycles. The van der Waals surface area contributed by atoms with Gasteiger partial charge >= 0.3 is 0 Å². The third kappa shape index (κ3) is 0.979. The average Bonchev–Trinajstić information content (AvgIpc) is 2.45. The van der Waals surface area contributed by atoms with Crippen LogP contribution in [0.3, 0.4) is 0 Å². The minimum absolute atomic E-state index is 0.875. The molecule has 3 heteroatoms. The van der Waals surface area contributed by atoms with E-state index in [1.807, 2.05) is 6.92 Å². The van der Waals surface area contributed by atoms with E-state index < -0.39 is 0 Å². The summed E-state index contributed by atoms with van der Waals surface area (Å²) in [7, 11) is 0. The molecule has 1 aromatic heterocycles. The van der Waals surface area contributed by atoms with E-state index in [0.717, 1.165) is 29.4 Å². The van der Waals surface area contributed by atoms with Crippen LogP contribution in [0.2, 0.25) is 5.02 Å². The summed E-state index contributed by atoms with van der Waals surface area (Å²) in [6.45, 7) is 2.94. The molecule has 0 aliphatic carbocycles. The number of pyridine rings is 1. The first-order chi connectivity index (χ1) is 5.29. The van der Waals surface area contributed by atoms with Gasteiger partial charge in [-0.1, -0.05) is 11.6 Å². The first-order valence-electron chi connectivity index (χ1n) is 3.67. The molecule has 1 N–H and O–H groups in total. The third-order valence-electron chi connectivity index (χ3n) is 1.95. The Morgan fingerprint density at radius 1 is 1.64 bits per heavy atom. The van der Waals surface area contributed by atoms with Crippen molar-refractivity contribution in [1.29, 1.82) is 0 Å². The van der Waals surface area contributed by atoms with E-state index in [-0.39, 0.29) is 0 Å². The number of aromatic nitrogens is 1. The van der Waals surface area contributed by atoms with E-state index in [2.05, 4.69) is 10.3 Å². The average molecular weight is 169 g/mol. The fraction of sp³-hybridized carbons (Fsp3) is 0.375. The highest BCUT2D eigenvalue weighted by Crippen LogP contribution is 2.29. The Morgan fingerprint density at radius 2 is 2.45 bits per heavy atom. The fourth-order valence-electron chi connectivity index (χ4n) is 1.32. The second-order valence-corrected chi connectivity index (χ2v) is 3.14. The van der Waals surface area contributed by atoms with Gasteiger partial charge in [0.25, 0.3) is 0 Å². The number of rotatable bonds is 0. The molecule has 0 atom stereocenters. The zero-order valence-electron chi connectivity index (χ0n) is 6.32. The Labute approximate surface area is 70.6 Å². The van der Waals surface area contributed by atoms with Gasteiger partial charge in [0.2, 0.25) is 0 Å². The van der Waals surface area contributed by atoms with E-state index in [0.29, 0.717) is 0 Å². The maximum absolute atomic E-state index is 6.06. The molecule has 1 aliphatic heterocycles. The highest BCUT2D eigenvalue weighted by Gasteiger charge is 2.15. The standard InChI is InChI=1S/C8H9ClN2/c1-5-4-11-8-6(7(5)9)2-3-10-8/h4H,2-3H2,1H3,(H,10,11). The van der Waals surface area contributed by atoms with Gasteiger partial charge in [0.05, 0.1) is 5.02 Å². The molecule has 0 saturated heterocycles. The van der Waals surface area contributed by atoms with Crippen molar-refractivity contribution in [3.63, 3.8) is 0 Å². The van der Waals surface area contributed by atoms with Gasteiger partial charge in [-0.2, -0.15) is 0 Å². The molecule has 1 aliphatic rings. The van der Waals surface area contributed by atoms with Gasteiger partial charge < -0.3 is 5.32 Å². The van der Waals surface area contributed by atoms with Crippen LogP contribution in [0.4, 0.5) is 5.82 Å². The second kappa shape index (κ2) is 2.38. The topological polar surface area (TPSA) is 24.9 Å². The van der Waals surface area contributed by atoms with E-state index in [9.17, 15) is 0 Å². The van der Waals surface area contributed by atoms with Crippen molar-refractivity contribution in [1.82, 2.24) is 4.98 Å². The van der Waals surface area contributed by atoms with Crippen molar-refractivity contribution >= 4 is 17.4 Å². The van der Waals surface area contributed by atoms with Crippen molar-refractivity contribution in [2.24, 2.45) is 0 Å². The van der Waals surface area contributed by atoms with Crippen molar-refractivity contribution in [2.75, 3.05) is 11.9 Å². The summed E-state index contributed by atoms with van der Waals surface area (Å²) in [4.78, 5) is 4.22. The molecule has 58 valence electrons. The number of nitrogens with one attached hydrogen (secondary N) is 1. The largest absolute Gasteiger partial charge is 0.369 e. The number of hydrogen-bond donors (Lipinski definition) is 1. The van der Waals surface area contributed by atoms with Crippen molar-refractivity contribution < 1.29 is 0 Å².